The van der Waals surface area contributed by atoms with Gasteiger partial charge in [0.15, 0.2) is 0 Å². The van der Waals surface area contributed by atoms with Crippen LogP contribution in [0.4, 0.5) is 5.69 Å². The molecular formula is C16H14ClNO4S. The number of halogens is 1. The number of aryl methyl sites for hydroxylation is 1. The van der Waals surface area contributed by atoms with E-state index in [-0.39, 0.29) is 16.3 Å². The van der Waals surface area contributed by atoms with Crippen molar-refractivity contribution >= 4 is 39.4 Å². The lowest BCUT2D eigenvalue weighted by atomic mass is 10.2. The molecule has 2 rings (SSSR count). The first-order chi connectivity index (χ1) is 10.8. The molecule has 0 aliphatic rings. The number of nitrogens with one attached hydrogen (secondary N) is 1. The molecule has 0 atom stereocenters. The van der Waals surface area contributed by atoms with Crippen molar-refractivity contribution in [1.29, 1.82) is 0 Å². The van der Waals surface area contributed by atoms with Gasteiger partial charge in [0.25, 0.3) is 10.0 Å². The third-order valence-electron chi connectivity index (χ3n) is 2.97. The molecule has 0 aromatic heterocycles. The van der Waals surface area contributed by atoms with Gasteiger partial charge >= 0.3 is 5.97 Å². The van der Waals surface area contributed by atoms with E-state index in [2.05, 4.69) is 4.72 Å². The first kappa shape index (κ1) is 17.1. The molecule has 0 saturated carbocycles. The maximum atomic E-state index is 12.0. The second kappa shape index (κ2) is 6.85. The topological polar surface area (TPSA) is 83.5 Å². The van der Waals surface area contributed by atoms with Crippen molar-refractivity contribution in [3.05, 3.63) is 69.6 Å². The first-order valence-electron chi connectivity index (χ1n) is 6.57. The first-order valence-corrected chi connectivity index (χ1v) is 8.50. The van der Waals surface area contributed by atoms with Crippen LogP contribution >= 0.6 is 11.6 Å². The second-order valence-electron chi connectivity index (χ2n) is 4.86. The van der Waals surface area contributed by atoms with Crippen LogP contribution in [-0.4, -0.2) is 19.5 Å². The highest BCUT2D eigenvalue weighted by Gasteiger charge is 2.12. The Morgan fingerprint density at radius 1 is 1.17 bits per heavy atom. The highest BCUT2D eigenvalue weighted by molar-refractivity contribution is 7.95. The van der Waals surface area contributed by atoms with Gasteiger partial charge in [-0.25, -0.2) is 13.2 Å². The molecule has 120 valence electrons. The van der Waals surface area contributed by atoms with Crippen LogP contribution in [0.2, 0.25) is 5.02 Å². The lowest BCUT2D eigenvalue weighted by molar-refractivity contribution is 0.0697. The minimum Gasteiger partial charge on any atom is -0.478 e. The number of hydrogen-bond acceptors (Lipinski definition) is 3. The van der Waals surface area contributed by atoms with E-state index in [4.69, 9.17) is 16.7 Å². The Bertz CT molecular complexity index is 858. The smallest absolute Gasteiger partial charge is 0.337 e. The van der Waals surface area contributed by atoms with Crippen molar-refractivity contribution in [2.75, 3.05) is 4.72 Å². The molecule has 2 aromatic rings. The zero-order valence-corrected chi connectivity index (χ0v) is 13.7. The molecule has 0 unspecified atom stereocenters. The van der Waals surface area contributed by atoms with E-state index in [1.807, 2.05) is 19.1 Å². The van der Waals surface area contributed by atoms with Crippen molar-refractivity contribution in [3.8, 4) is 0 Å². The third-order valence-corrected chi connectivity index (χ3v) is 4.32. The van der Waals surface area contributed by atoms with Crippen LogP contribution in [0.25, 0.3) is 6.08 Å². The number of carboxylic acid groups (broad SMARTS) is 1. The van der Waals surface area contributed by atoms with Gasteiger partial charge in [0, 0.05) is 5.69 Å². The molecule has 2 aromatic carbocycles. The third kappa shape index (κ3) is 4.84. The standard InChI is InChI=1S/C16H14ClNO4S/c1-11-2-4-12(5-3-11)8-9-23(21,22)18-13-6-7-15(17)14(10-13)16(19)20/h2-10,18H,1H3,(H,19,20). The molecule has 5 nitrogen and oxygen atoms in total. The number of hydrogen-bond donors (Lipinski definition) is 2. The van der Waals surface area contributed by atoms with Gasteiger partial charge in [-0.1, -0.05) is 41.4 Å². The van der Waals surface area contributed by atoms with Gasteiger partial charge < -0.3 is 5.11 Å². The van der Waals surface area contributed by atoms with Crippen LogP contribution in [0.5, 0.6) is 0 Å². The van der Waals surface area contributed by atoms with E-state index in [9.17, 15) is 13.2 Å². The molecule has 0 bridgehead atoms. The second-order valence-corrected chi connectivity index (χ2v) is 6.83. The van der Waals surface area contributed by atoms with Gasteiger partial charge in [0.2, 0.25) is 0 Å². The van der Waals surface area contributed by atoms with Gasteiger partial charge in [0.05, 0.1) is 16.0 Å². The van der Waals surface area contributed by atoms with E-state index in [0.29, 0.717) is 0 Å². The van der Waals surface area contributed by atoms with Crippen molar-refractivity contribution in [3.63, 3.8) is 0 Å². The van der Waals surface area contributed by atoms with Gasteiger partial charge in [0.1, 0.15) is 0 Å². The summed E-state index contributed by atoms with van der Waals surface area (Å²) in [7, 11) is -3.76. The van der Waals surface area contributed by atoms with Crippen LogP contribution < -0.4 is 4.72 Å². The molecule has 0 spiro atoms. The molecular weight excluding hydrogens is 338 g/mol. The lowest BCUT2D eigenvalue weighted by Crippen LogP contribution is -2.09. The average Bonchev–Trinajstić information content (AvgIpc) is 2.48. The van der Waals surface area contributed by atoms with Crippen LogP contribution in [0.1, 0.15) is 21.5 Å². The van der Waals surface area contributed by atoms with Gasteiger partial charge in [-0.3, -0.25) is 4.72 Å². The predicted molar refractivity (Wildman–Crippen MR) is 91.2 cm³/mol. The maximum absolute atomic E-state index is 12.0. The molecule has 0 saturated heterocycles. The van der Waals surface area contributed by atoms with Crippen molar-refractivity contribution in [2.45, 2.75) is 6.92 Å². The van der Waals surface area contributed by atoms with Crippen LogP contribution in [-0.2, 0) is 10.0 Å². The fourth-order valence-corrected chi connectivity index (χ4v) is 2.85. The number of anilines is 1. The van der Waals surface area contributed by atoms with Crippen LogP contribution in [0.15, 0.2) is 47.9 Å². The quantitative estimate of drug-likeness (QED) is 0.859. The zero-order valence-electron chi connectivity index (χ0n) is 12.2. The number of carbonyl (C=O) groups is 1. The number of rotatable bonds is 5. The molecule has 0 heterocycles. The lowest BCUT2D eigenvalue weighted by Gasteiger charge is -2.06. The number of carboxylic acids is 1. The summed E-state index contributed by atoms with van der Waals surface area (Å²) < 4.78 is 26.3. The normalized spacial score (nSPS) is 11.6. The Kier molecular flexibility index (Phi) is 5.08. The minimum absolute atomic E-state index is 0.0376. The molecule has 23 heavy (non-hydrogen) atoms. The summed E-state index contributed by atoms with van der Waals surface area (Å²) in [5, 5.41) is 10.0. The molecule has 0 amide bonds. The van der Waals surface area contributed by atoms with E-state index in [1.54, 1.807) is 12.1 Å². The van der Waals surface area contributed by atoms with E-state index >= 15 is 0 Å². The summed E-state index contributed by atoms with van der Waals surface area (Å²) in [6.45, 7) is 1.94. The summed E-state index contributed by atoms with van der Waals surface area (Å²) in [6.07, 6.45) is 1.45. The minimum atomic E-state index is -3.76. The molecule has 0 aliphatic heterocycles. The summed E-state index contributed by atoms with van der Waals surface area (Å²) in [5.74, 6) is -1.23. The Morgan fingerprint density at radius 2 is 1.83 bits per heavy atom. The molecule has 0 fully saturated rings. The van der Waals surface area contributed by atoms with Crippen molar-refractivity contribution < 1.29 is 18.3 Å². The fraction of sp³-hybridized carbons (Fsp3) is 0.0625. The highest BCUT2D eigenvalue weighted by Crippen LogP contribution is 2.21. The van der Waals surface area contributed by atoms with Gasteiger partial charge in [-0.2, -0.15) is 0 Å². The molecule has 7 heteroatoms. The van der Waals surface area contributed by atoms with Crippen molar-refractivity contribution in [2.24, 2.45) is 0 Å². The summed E-state index contributed by atoms with van der Waals surface area (Å²) in [4.78, 5) is 11.0. The van der Waals surface area contributed by atoms with Crippen LogP contribution in [0, 0.1) is 6.92 Å². The molecule has 0 radical (unpaired) electrons. The largest absolute Gasteiger partial charge is 0.478 e. The van der Waals surface area contributed by atoms with Crippen molar-refractivity contribution in [1.82, 2.24) is 0 Å². The summed E-state index contributed by atoms with van der Waals surface area (Å²) in [6, 6.07) is 11.2. The van der Waals surface area contributed by atoms with E-state index < -0.39 is 16.0 Å². The average molecular weight is 352 g/mol. The monoisotopic (exact) mass is 351 g/mol. The SMILES string of the molecule is Cc1ccc(C=CS(=O)(=O)Nc2ccc(Cl)c(C(=O)O)c2)cc1. The van der Waals surface area contributed by atoms with E-state index in [0.717, 1.165) is 16.5 Å². The Hall–Kier alpha value is -2.31. The summed E-state index contributed by atoms with van der Waals surface area (Å²) in [5.41, 5.74) is 1.77. The molecule has 2 N–H and O–H groups in total. The zero-order chi connectivity index (χ0) is 17.0. The Balaban J connectivity index is 2.19. The summed E-state index contributed by atoms with van der Waals surface area (Å²) >= 11 is 5.74. The van der Waals surface area contributed by atoms with Gasteiger partial charge in [-0.15, -0.1) is 0 Å². The van der Waals surface area contributed by atoms with E-state index in [1.165, 1.54) is 24.3 Å². The maximum Gasteiger partial charge on any atom is 0.337 e. The number of sulfonamides is 1. The number of aromatic carboxylic acids is 1. The Labute approximate surface area is 139 Å². The molecule has 0 aliphatic carbocycles. The number of benzene rings is 2. The Morgan fingerprint density at radius 3 is 2.43 bits per heavy atom. The van der Waals surface area contributed by atoms with Gasteiger partial charge in [-0.05, 0) is 36.8 Å². The van der Waals surface area contributed by atoms with Crippen LogP contribution in [0.3, 0.4) is 0 Å². The highest BCUT2D eigenvalue weighted by atomic mass is 35.5. The predicted octanol–water partition coefficient (Wildman–Crippen LogP) is 3.76. The fourth-order valence-electron chi connectivity index (χ4n) is 1.80.